The molecule has 5 aromatic carbocycles. The first-order valence-electron chi connectivity index (χ1n) is 10.3. The topological polar surface area (TPSA) is 95.9 Å². The molecule has 0 saturated carbocycles. The normalized spacial score (nSPS) is 14.9. The van der Waals surface area contributed by atoms with E-state index in [0.717, 1.165) is 32.3 Å². The van der Waals surface area contributed by atoms with Crippen molar-refractivity contribution in [3.63, 3.8) is 0 Å². The minimum Gasteiger partial charge on any atom is -0.775 e. The van der Waals surface area contributed by atoms with Gasteiger partial charge in [-0.2, -0.15) is 0 Å². The van der Waals surface area contributed by atoms with Gasteiger partial charge in [0, 0.05) is 5.56 Å². The third kappa shape index (κ3) is 3.73. The van der Waals surface area contributed by atoms with E-state index in [9.17, 15) is 19.1 Å². The third-order valence-corrected chi connectivity index (χ3v) is 6.97. The van der Waals surface area contributed by atoms with Crippen LogP contribution in [0, 0.1) is 0 Å². The maximum absolute atomic E-state index is 13.2. The van der Waals surface area contributed by atoms with Crippen LogP contribution in [0.25, 0.3) is 38.4 Å². The first-order valence-corrected chi connectivity index (χ1v) is 11.8. The fraction of sp³-hybridized carbons (Fsp3) is 0.0385. The predicted octanol–water partition coefficient (Wildman–Crippen LogP) is 2.09. The summed E-state index contributed by atoms with van der Waals surface area (Å²) in [5.74, 6) is -0.000379. The Kier molecular flexibility index (Phi) is 5.77. The maximum Gasteiger partial charge on any atom is 1.00 e. The minimum atomic E-state index is -5.14. The Morgan fingerprint density at radius 1 is 0.882 bits per heavy atom. The molecule has 1 heterocycles. The summed E-state index contributed by atoms with van der Waals surface area (Å²) in [7, 11) is -5.14. The van der Waals surface area contributed by atoms with Crippen LogP contribution in [0.3, 0.4) is 0 Å². The zero-order valence-electron chi connectivity index (χ0n) is 18.1. The third-order valence-electron chi connectivity index (χ3n) is 6.03. The second-order valence-corrected chi connectivity index (χ2v) is 9.48. The molecular formula is C26H16NaO6P. The molecule has 0 radical (unpaired) electrons. The maximum atomic E-state index is 13.2. The number of Topliss-reactive ketones (excluding diaryl/α,β-unsaturated/α-hetero) is 1. The molecule has 0 saturated heterocycles. The molecule has 0 bridgehead atoms. The van der Waals surface area contributed by atoms with E-state index in [1.54, 1.807) is 6.07 Å². The fourth-order valence-electron chi connectivity index (χ4n) is 4.49. The van der Waals surface area contributed by atoms with Gasteiger partial charge in [-0.3, -0.25) is 4.79 Å². The molecule has 6 nitrogen and oxygen atoms in total. The largest absolute Gasteiger partial charge is 1.00 e. The molecule has 0 aromatic heterocycles. The van der Waals surface area contributed by atoms with Crippen LogP contribution in [0.4, 0.5) is 0 Å². The van der Waals surface area contributed by atoms with Crippen molar-refractivity contribution in [3.05, 3.63) is 89.2 Å². The van der Waals surface area contributed by atoms with Gasteiger partial charge in [0.2, 0.25) is 6.79 Å². The number of rotatable bonds is 4. The smallest absolute Gasteiger partial charge is 0.775 e. The van der Waals surface area contributed by atoms with E-state index in [1.165, 1.54) is 24.3 Å². The number of carbonyl (C=O) groups excluding carboxylic acids is 1. The second kappa shape index (κ2) is 8.51. The van der Waals surface area contributed by atoms with Crippen LogP contribution >= 0.6 is 7.60 Å². The summed E-state index contributed by atoms with van der Waals surface area (Å²) in [4.78, 5) is 35.4. The zero-order valence-corrected chi connectivity index (χ0v) is 21.0. The van der Waals surface area contributed by atoms with Crippen molar-refractivity contribution in [2.75, 3.05) is 6.79 Å². The van der Waals surface area contributed by atoms with E-state index >= 15 is 0 Å². The van der Waals surface area contributed by atoms with Crippen LogP contribution in [0.1, 0.15) is 15.9 Å². The average Bonchev–Trinajstić information content (AvgIpc) is 3.28. The van der Waals surface area contributed by atoms with Gasteiger partial charge >= 0.3 is 29.6 Å². The van der Waals surface area contributed by atoms with Crippen LogP contribution in [0.5, 0.6) is 11.5 Å². The van der Waals surface area contributed by atoms with E-state index in [0.29, 0.717) is 17.1 Å². The van der Waals surface area contributed by atoms with Crippen molar-refractivity contribution in [1.29, 1.82) is 0 Å². The van der Waals surface area contributed by atoms with E-state index in [-0.39, 0.29) is 41.9 Å². The van der Waals surface area contributed by atoms with Gasteiger partial charge in [-0.1, -0.05) is 54.6 Å². The van der Waals surface area contributed by atoms with Crippen molar-refractivity contribution in [2.45, 2.75) is 0 Å². The summed E-state index contributed by atoms with van der Waals surface area (Å²) in [6.45, 7) is 0.0262. The summed E-state index contributed by atoms with van der Waals surface area (Å²) < 4.78 is 22.8. The zero-order chi connectivity index (χ0) is 22.7. The van der Waals surface area contributed by atoms with Crippen molar-refractivity contribution >= 4 is 51.8 Å². The van der Waals surface area contributed by atoms with E-state index in [4.69, 9.17) is 9.47 Å². The van der Waals surface area contributed by atoms with Crippen LogP contribution in [0.2, 0.25) is 0 Å². The summed E-state index contributed by atoms with van der Waals surface area (Å²) in [6, 6.07) is 22.0. The number of hydrogen-bond acceptors (Lipinski definition) is 5. The van der Waals surface area contributed by atoms with Crippen molar-refractivity contribution in [1.82, 2.24) is 0 Å². The van der Waals surface area contributed by atoms with Gasteiger partial charge in [0.25, 0.3) is 0 Å². The van der Waals surface area contributed by atoms with Crippen LogP contribution in [0.15, 0.2) is 78.1 Å². The van der Waals surface area contributed by atoms with Crippen molar-refractivity contribution < 1.29 is 58.2 Å². The summed E-state index contributed by atoms with van der Waals surface area (Å²) in [5.41, 5.74) is 0.600. The molecule has 6 rings (SSSR count). The van der Waals surface area contributed by atoms with E-state index in [2.05, 4.69) is 0 Å². The average molecular weight is 478 g/mol. The fourth-order valence-corrected chi connectivity index (χ4v) is 5.18. The molecule has 5 aromatic rings. The number of ketones is 1. The molecule has 34 heavy (non-hydrogen) atoms. The molecule has 1 aliphatic rings. The van der Waals surface area contributed by atoms with Crippen LogP contribution in [-0.4, -0.2) is 17.5 Å². The Morgan fingerprint density at radius 2 is 1.53 bits per heavy atom. The van der Waals surface area contributed by atoms with Gasteiger partial charge in [-0.25, -0.2) is 0 Å². The molecular weight excluding hydrogens is 462 g/mol. The molecule has 0 fully saturated rings. The molecule has 0 spiro atoms. The molecule has 162 valence electrons. The minimum absolute atomic E-state index is 0. The first kappa shape index (κ1) is 23.1. The van der Waals surface area contributed by atoms with Gasteiger partial charge in [-0.05, 0) is 62.2 Å². The first-order chi connectivity index (χ1) is 15.9. The summed E-state index contributed by atoms with van der Waals surface area (Å²) in [6.07, 6.45) is 1.24. The monoisotopic (exact) mass is 478 g/mol. The van der Waals surface area contributed by atoms with Crippen LogP contribution in [-0.2, 0) is 4.57 Å². The number of carbonyl (C=O) groups is 1. The Morgan fingerprint density at radius 3 is 2.26 bits per heavy atom. The Balaban J connectivity index is 0.00000241. The van der Waals surface area contributed by atoms with E-state index < -0.39 is 18.7 Å². The Hall–Kier alpha value is -2.70. The van der Waals surface area contributed by atoms with Crippen molar-refractivity contribution in [2.24, 2.45) is 0 Å². The van der Waals surface area contributed by atoms with Gasteiger partial charge in [0.1, 0.15) is 0 Å². The SMILES string of the molecule is O=C(/C(=C\c1ccc2ccc3cccc4ccc1c2c34)P(=O)([O-])O)c1ccc2c(c1)OCO2.[Na+]. The molecule has 1 atom stereocenters. The van der Waals surface area contributed by atoms with Crippen LogP contribution < -0.4 is 43.9 Å². The molecule has 1 unspecified atom stereocenters. The predicted molar refractivity (Wildman–Crippen MR) is 125 cm³/mol. The number of ether oxygens (including phenoxy) is 2. The molecule has 1 aliphatic heterocycles. The van der Waals surface area contributed by atoms with Crippen molar-refractivity contribution in [3.8, 4) is 11.5 Å². The molecule has 0 amide bonds. The quantitative estimate of drug-likeness (QED) is 0.140. The van der Waals surface area contributed by atoms with Gasteiger partial charge in [0.15, 0.2) is 24.9 Å². The summed E-state index contributed by atoms with van der Waals surface area (Å²) in [5, 5.41) is 5.30. The van der Waals surface area contributed by atoms with Gasteiger partial charge in [-0.15, -0.1) is 0 Å². The second-order valence-electron chi connectivity index (χ2n) is 7.96. The summed E-state index contributed by atoms with van der Waals surface area (Å²) >= 11 is 0. The van der Waals surface area contributed by atoms with Gasteiger partial charge < -0.3 is 23.8 Å². The standard InChI is InChI=1S/C26H17O6P.Na/c27-26(19-9-11-21-22(12-19)32-14-31-21)23(33(28,29)30)13-18-7-6-17-5-4-15-2-1-3-16-8-10-20(18)25(17)24(15)16;/h1-13H,14H2,(H2,28,29,30);/q;+1/p-1/b23-13+;. The molecule has 8 heteroatoms. The van der Waals surface area contributed by atoms with E-state index in [1.807, 2.05) is 48.5 Å². The Labute approximate surface area is 216 Å². The molecule has 1 N–H and O–H groups in total. The number of fused-ring (bicyclic) bond motifs is 1. The number of allylic oxidation sites excluding steroid dienone is 1. The molecule has 0 aliphatic carbocycles. The number of hydrogen-bond donors (Lipinski definition) is 1. The van der Waals surface area contributed by atoms with Gasteiger partial charge in [0.05, 0.1) is 5.31 Å². The number of benzene rings is 5. The Bertz CT molecular complexity index is 1650.